The van der Waals surface area contributed by atoms with Gasteiger partial charge in [-0.05, 0) is 42.8 Å². The second-order valence-electron chi connectivity index (χ2n) is 4.66. The number of pyridine rings is 1. The van der Waals surface area contributed by atoms with E-state index in [4.69, 9.17) is 0 Å². The number of ketones is 1. The van der Waals surface area contributed by atoms with E-state index in [2.05, 4.69) is 4.98 Å². The molecule has 0 aliphatic rings. The summed E-state index contributed by atoms with van der Waals surface area (Å²) >= 11 is 0. The molecule has 0 saturated heterocycles. The number of carbonyl (C=O) groups is 1. The third-order valence-electron chi connectivity index (χ3n) is 3.26. The van der Waals surface area contributed by atoms with Crippen LogP contribution in [-0.2, 0) is 0 Å². The fourth-order valence-corrected chi connectivity index (χ4v) is 2.28. The lowest BCUT2D eigenvalue weighted by atomic mass is 9.97. The maximum absolute atomic E-state index is 13.5. The molecule has 2 aromatic carbocycles. The Morgan fingerprint density at radius 3 is 2.70 bits per heavy atom. The van der Waals surface area contributed by atoms with Crippen molar-refractivity contribution in [1.82, 2.24) is 4.98 Å². The van der Waals surface area contributed by atoms with Crippen LogP contribution in [0.5, 0.6) is 0 Å². The van der Waals surface area contributed by atoms with E-state index in [9.17, 15) is 9.18 Å². The van der Waals surface area contributed by atoms with Crippen molar-refractivity contribution in [3.05, 3.63) is 66.1 Å². The van der Waals surface area contributed by atoms with Crippen molar-refractivity contribution in [2.75, 3.05) is 0 Å². The van der Waals surface area contributed by atoms with E-state index in [-0.39, 0.29) is 11.6 Å². The van der Waals surface area contributed by atoms with Gasteiger partial charge in [-0.1, -0.05) is 18.2 Å². The third-order valence-corrected chi connectivity index (χ3v) is 3.26. The maximum atomic E-state index is 13.5. The van der Waals surface area contributed by atoms with Gasteiger partial charge in [-0.25, -0.2) is 4.39 Å². The van der Waals surface area contributed by atoms with Gasteiger partial charge in [-0.15, -0.1) is 0 Å². The Morgan fingerprint density at radius 2 is 1.90 bits per heavy atom. The van der Waals surface area contributed by atoms with Crippen molar-refractivity contribution in [2.24, 2.45) is 0 Å². The largest absolute Gasteiger partial charge is 0.294 e. The monoisotopic (exact) mass is 265 g/mol. The summed E-state index contributed by atoms with van der Waals surface area (Å²) in [7, 11) is 0. The molecular formula is C17H12FNO. The first-order valence-electron chi connectivity index (χ1n) is 6.31. The van der Waals surface area contributed by atoms with E-state index in [1.165, 1.54) is 25.1 Å². The zero-order valence-electron chi connectivity index (χ0n) is 10.9. The Morgan fingerprint density at radius 1 is 1.10 bits per heavy atom. The second-order valence-corrected chi connectivity index (χ2v) is 4.66. The van der Waals surface area contributed by atoms with E-state index >= 15 is 0 Å². The molecule has 0 bridgehead atoms. The van der Waals surface area contributed by atoms with Gasteiger partial charge in [0, 0.05) is 22.7 Å². The number of nitrogens with zero attached hydrogens (tertiary/aromatic N) is 1. The summed E-state index contributed by atoms with van der Waals surface area (Å²) < 4.78 is 13.5. The van der Waals surface area contributed by atoms with Gasteiger partial charge in [0.05, 0.1) is 5.52 Å². The molecule has 0 aliphatic carbocycles. The van der Waals surface area contributed by atoms with Gasteiger partial charge in [0.2, 0.25) is 0 Å². The van der Waals surface area contributed by atoms with E-state index in [0.29, 0.717) is 11.1 Å². The molecule has 0 radical (unpaired) electrons. The normalized spacial score (nSPS) is 10.7. The molecule has 3 heteroatoms. The molecule has 0 unspecified atom stereocenters. The number of benzene rings is 2. The summed E-state index contributed by atoms with van der Waals surface area (Å²) in [5, 5.41) is 0.962. The Balaban J connectivity index is 2.24. The highest BCUT2D eigenvalue weighted by molar-refractivity contribution is 6.01. The average Bonchev–Trinajstić information content (AvgIpc) is 2.46. The van der Waals surface area contributed by atoms with Gasteiger partial charge in [0.1, 0.15) is 5.82 Å². The predicted octanol–water partition coefficient (Wildman–Crippen LogP) is 4.24. The van der Waals surface area contributed by atoms with Crippen molar-refractivity contribution >= 4 is 16.7 Å². The van der Waals surface area contributed by atoms with Gasteiger partial charge in [-0.2, -0.15) is 0 Å². The van der Waals surface area contributed by atoms with Crippen LogP contribution >= 0.6 is 0 Å². The second kappa shape index (κ2) is 4.85. The van der Waals surface area contributed by atoms with Crippen LogP contribution in [0.2, 0.25) is 0 Å². The van der Waals surface area contributed by atoms with Crippen LogP contribution in [0.1, 0.15) is 17.3 Å². The average molecular weight is 265 g/mol. The molecule has 0 amide bonds. The number of hydrogen-bond donors (Lipinski definition) is 0. The molecule has 0 aliphatic heterocycles. The van der Waals surface area contributed by atoms with Gasteiger partial charge in [0.25, 0.3) is 0 Å². The van der Waals surface area contributed by atoms with E-state index in [1.54, 1.807) is 6.20 Å². The molecule has 2 nitrogen and oxygen atoms in total. The number of fused-ring (bicyclic) bond motifs is 1. The summed E-state index contributed by atoms with van der Waals surface area (Å²) in [4.78, 5) is 16.0. The molecule has 0 atom stereocenters. The zero-order chi connectivity index (χ0) is 14.1. The van der Waals surface area contributed by atoms with Crippen molar-refractivity contribution in [1.29, 1.82) is 0 Å². The van der Waals surface area contributed by atoms with Crippen LogP contribution in [0.4, 0.5) is 4.39 Å². The quantitative estimate of drug-likeness (QED) is 0.648. The SMILES string of the molecule is CC(=O)c1ccc(F)cc1-c1cnc2ccccc2c1. The molecule has 98 valence electrons. The van der Waals surface area contributed by atoms with Gasteiger partial charge in [0.15, 0.2) is 5.78 Å². The van der Waals surface area contributed by atoms with E-state index in [0.717, 1.165) is 16.5 Å². The highest BCUT2D eigenvalue weighted by Gasteiger charge is 2.11. The molecule has 0 spiro atoms. The molecule has 1 aromatic heterocycles. The summed E-state index contributed by atoms with van der Waals surface area (Å²) in [6, 6.07) is 13.8. The lowest BCUT2D eigenvalue weighted by Crippen LogP contribution is -1.97. The van der Waals surface area contributed by atoms with Crippen molar-refractivity contribution in [2.45, 2.75) is 6.92 Å². The Labute approximate surface area is 115 Å². The summed E-state index contributed by atoms with van der Waals surface area (Å²) in [6.07, 6.45) is 1.67. The topological polar surface area (TPSA) is 30.0 Å². The summed E-state index contributed by atoms with van der Waals surface area (Å²) in [5.74, 6) is -0.452. The van der Waals surface area contributed by atoms with Crippen LogP contribution in [0, 0.1) is 5.82 Å². The molecule has 20 heavy (non-hydrogen) atoms. The van der Waals surface area contributed by atoms with Gasteiger partial charge >= 0.3 is 0 Å². The van der Waals surface area contributed by atoms with Crippen LogP contribution in [0.3, 0.4) is 0 Å². The standard InChI is InChI=1S/C17H12FNO/c1-11(20)15-7-6-14(18)9-16(15)13-8-12-4-2-3-5-17(12)19-10-13/h2-10H,1H3. The predicted molar refractivity (Wildman–Crippen MR) is 77.1 cm³/mol. The summed E-state index contributed by atoms with van der Waals surface area (Å²) in [5.41, 5.74) is 2.70. The van der Waals surface area contributed by atoms with Crippen molar-refractivity contribution in [3.63, 3.8) is 0 Å². The Kier molecular flexibility index (Phi) is 3.03. The number of carbonyl (C=O) groups excluding carboxylic acids is 1. The number of halogens is 1. The number of hydrogen-bond acceptors (Lipinski definition) is 2. The van der Waals surface area contributed by atoms with Crippen molar-refractivity contribution < 1.29 is 9.18 Å². The number of rotatable bonds is 2. The molecule has 0 fully saturated rings. The smallest absolute Gasteiger partial charge is 0.160 e. The lowest BCUT2D eigenvalue weighted by molar-refractivity contribution is 0.101. The molecular weight excluding hydrogens is 253 g/mol. The minimum atomic E-state index is -0.363. The minimum absolute atomic E-state index is 0.0897. The molecule has 3 aromatic rings. The first-order valence-corrected chi connectivity index (χ1v) is 6.31. The number of aromatic nitrogens is 1. The number of para-hydroxylation sites is 1. The zero-order valence-corrected chi connectivity index (χ0v) is 10.9. The maximum Gasteiger partial charge on any atom is 0.160 e. The minimum Gasteiger partial charge on any atom is -0.294 e. The molecule has 3 rings (SSSR count). The fraction of sp³-hybridized carbons (Fsp3) is 0.0588. The highest BCUT2D eigenvalue weighted by atomic mass is 19.1. The highest BCUT2D eigenvalue weighted by Crippen LogP contribution is 2.27. The van der Waals surface area contributed by atoms with E-state index < -0.39 is 0 Å². The van der Waals surface area contributed by atoms with Gasteiger partial charge < -0.3 is 0 Å². The summed E-state index contributed by atoms with van der Waals surface area (Å²) in [6.45, 7) is 1.48. The van der Waals surface area contributed by atoms with Crippen molar-refractivity contribution in [3.8, 4) is 11.1 Å². The Bertz CT molecular complexity index is 811. The van der Waals surface area contributed by atoms with Crippen LogP contribution < -0.4 is 0 Å². The van der Waals surface area contributed by atoms with Crippen LogP contribution in [0.25, 0.3) is 22.0 Å². The number of Topliss-reactive ketones (excluding diaryl/α,β-unsaturated/α-hetero) is 1. The fourth-order valence-electron chi connectivity index (χ4n) is 2.28. The first kappa shape index (κ1) is 12.5. The van der Waals surface area contributed by atoms with Crippen LogP contribution in [0.15, 0.2) is 54.7 Å². The molecule has 0 saturated carbocycles. The van der Waals surface area contributed by atoms with Crippen LogP contribution in [-0.4, -0.2) is 10.8 Å². The third kappa shape index (κ3) is 2.18. The molecule has 1 heterocycles. The lowest BCUT2D eigenvalue weighted by Gasteiger charge is -2.08. The molecule has 0 N–H and O–H groups in total. The van der Waals surface area contributed by atoms with Gasteiger partial charge in [-0.3, -0.25) is 9.78 Å². The first-order chi connectivity index (χ1) is 9.65. The van der Waals surface area contributed by atoms with E-state index in [1.807, 2.05) is 30.3 Å². The Hall–Kier alpha value is -2.55.